The summed E-state index contributed by atoms with van der Waals surface area (Å²) in [4.78, 5) is 3.85. The molecule has 0 fully saturated rings. The van der Waals surface area contributed by atoms with Crippen LogP contribution < -0.4 is 11.1 Å². The zero-order valence-corrected chi connectivity index (χ0v) is 8.17. The Labute approximate surface area is 89.7 Å². The summed E-state index contributed by atoms with van der Waals surface area (Å²) in [6.07, 6.45) is 1.34. The van der Waals surface area contributed by atoms with Gasteiger partial charge in [-0.3, -0.25) is 5.10 Å². The van der Waals surface area contributed by atoms with Gasteiger partial charge in [0, 0.05) is 6.07 Å². The van der Waals surface area contributed by atoms with E-state index in [4.69, 9.17) is 5.73 Å². The first kappa shape index (κ1) is 10.3. The average molecular weight is 225 g/mol. The van der Waals surface area contributed by atoms with Crippen molar-refractivity contribution in [2.45, 2.75) is 6.54 Å². The van der Waals surface area contributed by atoms with Crippen LogP contribution in [0.15, 0.2) is 18.5 Å². The van der Waals surface area contributed by atoms with Gasteiger partial charge in [-0.05, 0) is 6.07 Å². The molecule has 1 heterocycles. The molecule has 0 saturated heterocycles. The molecule has 2 rings (SSSR count). The monoisotopic (exact) mass is 225 g/mol. The molecule has 1 aromatic heterocycles. The smallest absolute Gasteiger partial charge is 0.151 e. The van der Waals surface area contributed by atoms with E-state index in [0.717, 1.165) is 12.1 Å². The number of nitrogens with one attached hydrogen (secondary N) is 2. The van der Waals surface area contributed by atoms with Crippen molar-refractivity contribution < 1.29 is 8.78 Å². The molecule has 0 amide bonds. The number of benzene rings is 1. The molecular weight excluding hydrogens is 216 g/mol. The second-order valence-electron chi connectivity index (χ2n) is 3.13. The molecule has 2 aromatic rings. The number of anilines is 2. The van der Waals surface area contributed by atoms with E-state index in [2.05, 4.69) is 20.5 Å². The summed E-state index contributed by atoms with van der Waals surface area (Å²) < 4.78 is 26.0. The lowest BCUT2D eigenvalue weighted by Gasteiger charge is -2.08. The van der Waals surface area contributed by atoms with Crippen molar-refractivity contribution in [1.82, 2.24) is 15.2 Å². The Morgan fingerprint density at radius 3 is 2.88 bits per heavy atom. The summed E-state index contributed by atoms with van der Waals surface area (Å²) in [5, 5.41) is 9.00. The van der Waals surface area contributed by atoms with Crippen molar-refractivity contribution in [3.8, 4) is 0 Å². The Bertz CT molecular complexity index is 483. The van der Waals surface area contributed by atoms with E-state index in [1.807, 2.05) is 0 Å². The molecule has 1 aromatic carbocycles. The minimum Gasteiger partial charge on any atom is -0.395 e. The Balaban J connectivity index is 2.15. The highest BCUT2D eigenvalue weighted by atomic mass is 19.1. The molecule has 7 heteroatoms. The maximum Gasteiger partial charge on any atom is 0.151 e. The topological polar surface area (TPSA) is 79.6 Å². The molecule has 16 heavy (non-hydrogen) atoms. The van der Waals surface area contributed by atoms with Crippen LogP contribution in [0.25, 0.3) is 0 Å². The SMILES string of the molecule is Nc1c(F)cc(F)cc1NCc1ncn[nH]1. The molecule has 0 aliphatic carbocycles. The Hall–Kier alpha value is -2.18. The van der Waals surface area contributed by atoms with Gasteiger partial charge in [-0.1, -0.05) is 0 Å². The fourth-order valence-electron chi connectivity index (χ4n) is 1.23. The number of H-pyrrole nitrogens is 1. The molecule has 0 saturated carbocycles. The van der Waals surface area contributed by atoms with Gasteiger partial charge >= 0.3 is 0 Å². The first-order chi connectivity index (χ1) is 7.66. The molecular formula is C9H9F2N5. The molecule has 0 atom stereocenters. The van der Waals surface area contributed by atoms with Crippen LogP contribution in [0.4, 0.5) is 20.2 Å². The Morgan fingerprint density at radius 2 is 2.19 bits per heavy atom. The van der Waals surface area contributed by atoms with Gasteiger partial charge in [0.05, 0.1) is 17.9 Å². The second-order valence-corrected chi connectivity index (χ2v) is 3.13. The van der Waals surface area contributed by atoms with Crippen molar-refractivity contribution >= 4 is 11.4 Å². The van der Waals surface area contributed by atoms with Crippen molar-refractivity contribution in [2.75, 3.05) is 11.1 Å². The third-order valence-electron chi connectivity index (χ3n) is 2.01. The minimum absolute atomic E-state index is 0.124. The molecule has 0 bridgehead atoms. The minimum atomic E-state index is -0.792. The molecule has 4 N–H and O–H groups in total. The highest BCUT2D eigenvalue weighted by Gasteiger charge is 2.08. The number of nitrogens with two attached hydrogens (primary N) is 1. The quantitative estimate of drug-likeness (QED) is 0.687. The number of nitrogen functional groups attached to an aromatic ring is 1. The van der Waals surface area contributed by atoms with Crippen molar-refractivity contribution in [2.24, 2.45) is 0 Å². The number of nitrogens with zero attached hydrogens (tertiary/aromatic N) is 2. The third-order valence-corrected chi connectivity index (χ3v) is 2.01. The molecule has 0 spiro atoms. The first-order valence-corrected chi connectivity index (χ1v) is 4.49. The highest BCUT2D eigenvalue weighted by Crippen LogP contribution is 2.23. The maximum absolute atomic E-state index is 13.1. The predicted octanol–water partition coefficient (Wildman–Crippen LogP) is 1.28. The fourth-order valence-corrected chi connectivity index (χ4v) is 1.23. The van der Waals surface area contributed by atoms with Gasteiger partial charge in [-0.2, -0.15) is 5.10 Å². The zero-order valence-electron chi connectivity index (χ0n) is 8.17. The van der Waals surface area contributed by atoms with Crippen LogP contribution in [0.1, 0.15) is 5.82 Å². The summed E-state index contributed by atoms with van der Waals surface area (Å²) in [6.45, 7) is 0.257. The number of rotatable bonds is 3. The summed E-state index contributed by atoms with van der Waals surface area (Å²) >= 11 is 0. The Kier molecular flexibility index (Phi) is 2.67. The van der Waals surface area contributed by atoms with E-state index < -0.39 is 11.6 Å². The molecule has 5 nitrogen and oxygen atoms in total. The molecule has 0 aliphatic heterocycles. The molecule has 0 radical (unpaired) electrons. The van der Waals surface area contributed by atoms with Gasteiger partial charge in [0.1, 0.15) is 18.0 Å². The second kappa shape index (κ2) is 4.13. The van der Waals surface area contributed by atoms with Crippen LogP contribution in [0.2, 0.25) is 0 Å². The van der Waals surface area contributed by atoms with Gasteiger partial charge in [0.25, 0.3) is 0 Å². The first-order valence-electron chi connectivity index (χ1n) is 4.49. The highest BCUT2D eigenvalue weighted by molar-refractivity contribution is 5.66. The van der Waals surface area contributed by atoms with Crippen LogP contribution in [-0.2, 0) is 6.54 Å². The van der Waals surface area contributed by atoms with Gasteiger partial charge in [0.15, 0.2) is 5.82 Å². The number of hydrogen-bond acceptors (Lipinski definition) is 4. The fraction of sp³-hybridized carbons (Fsp3) is 0.111. The van der Waals surface area contributed by atoms with E-state index in [1.54, 1.807) is 0 Å². The summed E-state index contributed by atoms with van der Waals surface area (Å²) in [7, 11) is 0. The number of aromatic nitrogens is 3. The lowest BCUT2D eigenvalue weighted by molar-refractivity contribution is 0.587. The molecule has 0 aliphatic rings. The van der Waals surface area contributed by atoms with Crippen LogP contribution in [0.3, 0.4) is 0 Å². The summed E-state index contributed by atoms with van der Waals surface area (Å²) in [5.74, 6) is -0.934. The summed E-state index contributed by atoms with van der Waals surface area (Å²) in [6, 6.07) is 1.85. The average Bonchev–Trinajstić information content (AvgIpc) is 2.74. The maximum atomic E-state index is 13.1. The van der Waals surface area contributed by atoms with Gasteiger partial charge in [-0.15, -0.1) is 0 Å². The van der Waals surface area contributed by atoms with Crippen molar-refractivity contribution in [3.05, 3.63) is 35.9 Å². The normalized spacial score (nSPS) is 10.4. The van der Waals surface area contributed by atoms with Gasteiger partial charge in [0.2, 0.25) is 0 Å². The summed E-state index contributed by atoms with van der Waals surface area (Å²) in [5.41, 5.74) is 5.51. The Morgan fingerprint density at radius 1 is 1.38 bits per heavy atom. The van der Waals surface area contributed by atoms with Gasteiger partial charge in [-0.25, -0.2) is 13.8 Å². The lowest BCUT2D eigenvalue weighted by atomic mass is 10.2. The molecule has 0 unspecified atom stereocenters. The van der Waals surface area contributed by atoms with Crippen LogP contribution in [0.5, 0.6) is 0 Å². The zero-order chi connectivity index (χ0) is 11.5. The van der Waals surface area contributed by atoms with E-state index in [0.29, 0.717) is 5.82 Å². The van der Waals surface area contributed by atoms with Gasteiger partial charge < -0.3 is 11.1 Å². The number of aromatic amines is 1. The predicted molar refractivity (Wildman–Crippen MR) is 54.5 cm³/mol. The lowest BCUT2D eigenvalue weighted by Crippen LogP contribution is -2.05. The third kappa shape index (κ3) is 2.08. The molecule has 84 valence electrons. The van der Waals surface area contributed by atoms with Crippen molar-refractivity contribution in [3.63, 3.8) is 0 Å². The largest absolute Gasteiger partial charge is 0.395 e. The van der Waals surface area contributed by atoms with Crippen LogP contribution >= 0.6 is 0 Å². The van der Waals surface area contributed by atoms with E-state index in [1.165, 1.54) is 6.33 Å². The van der Waals surface area contributed by atoms with Crippen LogP contribution in [-0.4, -0.2) is 15.2 Å². The van der Waals surface area contributed by atoms with E-state index >= 15 is 0 Å². The van der Waals surface area contributed by atoms with Crippen molar-refractivity contribution in [1.29, 1.82) is 0 Å². The standard InChI is InChI=1S/C9H9F2N5/c10-5-1-6(11)9(12)7(2-5)13-3-8-14-4-15-16-8/h1-2,4,13H,3,12H2,(H,14,15,16). The number of hydrogen-bond donors (Lipinski definition) is 3. The number of halogens is 2. The van der Waals surface area contributed by atoms with Crippen LogP contribution in [0, 0.1) is 11.6 Å². The van der Waals surface area contributed by atoms with E-state index in [-0.39, 0.29) is 17.9 Å². The van der Waals surface area contributed by atoms with E-state index in [9.17, 15) is 8.78 Å².